The first kappa shape index (κ1) is 43.8. The van der Waals surface area contributed by atoms with Crippen molar-refractivity contribution in [3.05, 3.63) is 85.6 Å². The molecule has 0 amide bonds. The molecule has 2 aliphatic heterocycles. The molecule has 0 unspecified atom stereocenters. The number of aliphatic hydroxyl groups is 11. The van der Waals surface area contributed by atoms with Crippen molar-refractivity contribution < 1.29 is 65.6 Å². The molecule has 0 aromatic rings. The second-order valence-corrected chi connectivity index (χ2v) is 12.9. The van der Waals surface area contributed by atoms with Gasteiger partial charge in [0, 0.05) is 12.8 Å². The van der Waals surface area contributed by atoms with Crippen molar-refractivity contribution >= 4 is 0 Å². The van der Waals surface area contributed by atoms with Crippen molar-refractivity contribution in [1.82, 2.24) is 0 Å². The predicted octanol–water partition coefficient (Wildman–Crippen LogP) is 0.114. The number of aliphatic hydroxyl groups excluding tert-OH is 10. The zero-order valence-corrected chi connectivity index (χ0v) is 28.4. The summed E-state index contributed by atoms with van der Waals surface area (Å²) in [6.45, 7) is 7.54. The highest BCUT2D eigenvalue weighted by molar-refractivity contribution is 5.12. The van der Waals surface area contributed by atoms with Crippen LogP contribution in [0.15, 0.2) is 85.6 Å². The van der Waals surface area contributed by atoms with Crippen molar-refractivity contribution in [3.8, 4) is 0 Å². The quantitative estimate of drug-likeness (QED) is 0.0329. The third-order valence-electron chi connectivity index (χ3n) is 8.76. The fourth-order valence-corrected chi connectivity index (χ4v) is 5.77. The Kier molecular flexibility index (Phi) is 20.4. The lowest BCUT2D eigenvalue weighted by atomic mass is 9.88. The van der Waals surface area contributed by atoms with Crippen LogP contribution in [0.3, 0.4) is 0 Å². The van der Waals surface area contributed by atoms with Gasteiger partial charge in [0.05, 0.1) is 36.6 Å². The van der Waals surface area contributed by atoms with Crippen LogP contribution in [0, 0.1) is 0 Å². The fraction of sp³-hybridized carbons (Fsp3) is 0.622. The van der Waals surface area contributed by atoms with Gasteiger partial charge in [-0.05, 0) is 44.9 Å². The molecular formula is C37H58O13. The van der Waals surface area contributed by atoms with Crippen LogP contribution in [0.5, 0.6) is 0 Å². The molecular weight excluding hydrogens is 652 g/mol. The highest BCUT2D eigenvalue weighted by Crippen LogP contribution is 2.30. The van der Waals surface area contributed by atoms with Crippen LogP contribution < -0.4 is 0 Å². The van der Waals surface area contributed by atoms with E-state index in [9.17, 15) is 56.2 Å². The zero-order chi connectivity index (χ0) is 37.2. The van der Waals surface area contributed by atoms with Gasteiger partial charge in [-0.1, -0.05) is 85.6 Å². The summed E-state index contributed by atoms with van der Waals surface area (Å²) >= 11 is 0. The van der Waals surface area contributed by atoms with E-state index < -0.39 is 85.6 Å². The summed E-state index contributed by atoms with van der Waals surface area (Å²) in [5, 5.41) is 112. The van der Waals surface area contributed by atoms with E-state index in [1.807, 2.05) is 36.5 Å². The summed E-state index contributed by atoms with van der Waals surface area (Å²) < 4.78 is 11.2. The lowest BCUT2D eigenvalue weighted by molar-refractivity contribution is -0.252. The van der Waals surface area contributed by atoms with Crippen LogP contribution in [0.25, 0.3) is 0 Å². The molecule has 13 atom stereocenters. The Morgan fingerprint density at radius 2 is 1.12 bits per heavy atom. The first-order valence-electron chi connectivity index (χ1n) is 17.2. The molecule has 284 valence electrons. The topological polar surface area (TPSA) is 241 Å². The largest absolute Gasteiger partial charge is 0.390 e. The third-order valence-corrected chi connectivity index (χ3v) is 8.76. The normalized spacial score (nSPS) is 31.3. The molecule has 2 rings (SSSR count). The molecule has 2 saturated heterocycles. The molecule has 0 saturated carbocycles. The molecule has 50 heavy (non-hydrogen) atoms. The number of ether oxygens (including phenoxy) is 2. The van der Waals surface area contributed by atoms with E-state index in [1.165, 1.54) is 6.08 Å². The smallest absolute Gasteiger partial charge is 0.180 e. The molecule has 2 aliphatic rings. The van der Waals surface area contributed by atoms with Crippen molar-refractivity contribution in [2.75, 3.05) is 0 Å². The van der Waals surface area contributed by atoms with Crippen LogP contribution in [0.1, 0.15) is 57.8 Å². The molecule has 11 N–H and O–H groups in total. The van der Waals surface area contributed by atoms with Gasteiger partial charge in [-0.25, -0.2) is 0 Å². The minimum Gasteiger partial charge on any atom is -0.390 e. The van der Waals surface area contributed by atoms with E-state index in [1.54, 1.807) is 12.2 Å². The minimum absolute atomic E-state index is 0.0247. The van der Waals surface area contributed by atoms with Gasteiger partial charge in [-0.15, -0.1) is 0 Å². The van der Waals surface area contributed by atoms with Gasteiger partial charge in [0.1, 0.15) is 42.7 Å². The Hall–Kier alpha value is -2.34. The summed E-state index contributed by atoms with van der Waals surface area (Å²) in [4.78, 5) is 0. The van der Waals surface area contributed by atoms with Gasteiger partial charge in [0.15, 0.2) is 6.29 Å². The van der Waals surface area contributed by atoms with Gasteiger partial charge in [-0.2, -0.15) is 0 Å². The van der Waals surface area contributed by atoms with Crippen molar-refractivity contribution in [1.29, 1.82) is 0 Å². The summed E-state index contributed by atoms with van der Waals surface area (Å²) in [5.41, 5.74) is 0.480. The summed E-state index contributed by atoms with van der Waals surface area (Å²) in [7, 11) is 0. The van der Waals surface area contributed by atoms with Gasteiger partial charge in [-0.3, -0.25) is 0 Å². The standard InChI is InChI=1S/C37H58O13/c1-3-4-5-6-7-8-9-10-11-12-13-14-15-16-17-25(39)31(43)35-32(44)28(42)22-30(50-35)26(40)20-23(2)18-19-24(38)29-21-27(41)33(45)36(49-29)34(46)37(47)48/h3-5,8-13,16-17,24-48H,1-2,6-7,14-15,18-22H2/b5-4+,9-8+,11-10+,13-12+,17-16+/t24-,25-,26-,27-,28-,29-,30-,31+,32-,33-,34-,35+,36-/m1/s1. The molecule has 0 aromatic carbocycles. The van der Waals surface area contributed by atoms with Crippen LogP contribution >= 0.6 is 0 Å². The molecule has 2 fully saturated rings. The van der Waals surface area contributed by atoms with Crippen LogP contribution in [-0.4, -0.2) is 142 Å². The number of allylic oxidation sites excluding steroid dienone is 10. The maximum atomic E-state index is 10.9. The van der Waals surface area contributed by atoms with Crippen LogP contribution in [0.2, 0.25) is 0 Å². The highest BCUT2D eigenvalue weighted by atomic mass is 16.6. The van der Waals surface area contributed by atoms with Gasteiger partial charge in [0.25, 0.3) is 0 Å². The van der Waals surface area contributed by atoms with Crippen LogP contribution in [0.4, 0.5) is 0 Å². The number of unbranched alkanes of at least 4 members (excludes halogenated alkanes) is 2. The van der Waals surface area contributed by atoms with Crippen molar-refractivity contribution in [2.24, 2.45) is 0 Å². The van der Waals surface area contributed by atoms with E-state index in [-0.39, 0.29) is 32.1 Å². The second kappa shape index (κ2) is 23.3. The molecule has 13 nitrogen and oxygen atoms in total. The molecule has 0 aromatic heterocycles. The van der Waals surface area contributed by atoms with Gasteiger partial charge < -0.3 is 65.6 Å². The van der Waals surface area contributed by atoms with E-state index in [4.69, 9.17) is 9.47 Å². The summed E-state index contributed by atoms with van der Waals surface area (Å²) in [6.07, 6.45) is 3.17. The van der Waals surface area contributed by atoms with E-state index in [0.717, 1.165) is 12.8 Å². The molecule has 2 heterocycles. The monoisotopic (exact) mass is 710 g/mol. The number of hydrogen-bond acceptors (Lipinski definition) is 13. The third kappa shape index (κ3) is 14.7. The Morgan fingerprint density at radius 3 is 1.64 bits per heavy atom. The van der Waals surface area contributed by atoms with E-state index >= 15 is 0 Å². The van der Waals surface area contributed by atoms with Crippen LogP contribution in [-0.2, 0) is 9.47 Å². The maximum absolute atomic E-state index is 10.9. The highest BCUT2D eigenvalue weighted by Gasteiger charge is 2.45. The first-order chi connectivity index (χ1) is 23.8. The van der Waals surface area contributed by atoms with Crippen molar-refractivity contribution in [2.45, 2.75) is 143 Å². The first-order valence-corrected chi connectivity index (χ1v) is 17.2. The molecule has 0 aliphatic carbocycles. The predicted molar refractivity (Wildman–Crippen MR) is 186 cm³/mol. The Bertz CT molecular complexity index is 1130. The van der Waals surface area contributed by atoms with Gasteiger partial charge >= 0.3 is 0 Å². The second-order valence-electron chi connectivity index (χ2n) is 12.9. The summed E-state index contributed by atoms with van der Waals surface area (Å²) in [6, 6.07) is 0. The molecule has 13 heteroatoms. The molecule has 0 radical (unpaired) electrons. The molecule has 0 bridgehead atoms. The number of rotatable bonds is 21. The Labute approximate surface area is 294 Å². The summed E-state index contributed by atoms with van der Waals surface area (Å²) in [5.74, 6) is 0. The Balaban J connectivity index is 1.80. The van der Waals surface area contributed by atoms with E-state index in [2.05, 4.69) is 25.3 Å². The SMILES string of the molecule is C=C/C=C/CC/C=C/C=C/C=C/CC/C=C/[C@@H](O)[C@H](O)[C@@H]1O[C@@H]([C@H](O)CC(=C)CC[C@@H](O)[C@H]2C[C@@H](O)[C@@H](O)[C@H]([C@@H](O)C(O)O)O2)C[C@@H](O)[C@H]1O. The molecule has 0 spiro atoms. The zero-order valence-electron chi connectivity index (χ0n) is 28.4. The average Bonchev–Trinajstić information content (AvgIpc) is 3.08. The minimum atomic E-state index is -2.24. The Morgan fingerprint density at radius 1 is 0.640 bits per heavy atom. The average molecular weight is 711 g/mol. The lowest BCUT2D eigenvalue weighted by Crippen LogP contribution is -2.58. The lowest BCUT2D eigenvalue weighted by Gasteiger charge is -2.42. The maximum Gasteiger partial charge on any atom is 0.180 e. The number of hydrogen-bond donors (Lipinski definition) is 11. The van der Waals surface area contributed by atoms with Gasteiger partial charge in [0.2, 0.25) is 0 Å². The fourth-order valence-electron chi connectivity index (χ4n) is 5.77. The van der Waals surface area contributed by atoms with Crippen molar-refractivity contribution in [3.63, 3.8) is 0 Å². The van der Waals surface area contributed by atoms with E-state index in [0.29, 0.717) is 18.4 Å².